The molecule has 1 aromatic rings. The summed E-state index contributed by atoms with van der Waals surface area (Å²) in [5.41, 5.74) is 1.43. The van der Waals surface area contributed by atoms with E-state index in [-0.39, 0.29) is 11.8 Å². The van der Waals surface area contributed by atoms with Crippen molar-refractivity contribution in [2.24, 2.45) is 0 Å². The first-order chi connectivity index (χ1) is 12.1. The van der Waals surface area contributed by atoms with Gasteiger partial charge in [0.2, 0.25) is 5.91 Å². The number of nitrogens with zero attached hydrogens (tertiary/aromatic N) is 1. The van der Waals surface area contributed by atoms with Crippen LogP contribution in [0.2, 0.25) is 0 Å². The second kappa shape index (κ2) is 8.48. The predicted molar refractivity (Wildman–Crippen MR) is 99.7 cm³/mol. The molecule has 2 fully saturated rings. The van der Waals surface area contributed by atoms with Crippen molar-refractivity contribution >= 4 is 17.5 Å². The van der Waals surface area contributed by atoms with E-state index in [4.69, 9.17) is 0 Å². The van der Waals surface area contributed by atoms with Gasteiger partial charge < -0.3 is 15.5 Å². The number of carbonyl (C=O) groups is 2. The van der Waals surface area contributed by atoms with E-state index in [1.54, 1.807) is 0 Å². The Hall–Kier alpha value is -1.88. The molecule has 1 saturated heterocycles. The Morgan fingerprint density at radius 2 is 1.80 bits per heavy atom. The average molecular weight is 343 g/mol. The predicted octanol–water partition coefficient (Wildman–Crippen LogP) is 3.17. The highest BCUT2D eigenvalue weighted by molar-refractivity contribution is 5.96. The fourth-order valence-corrected chi connectivity index (χ4v) is 3.90. The molecule has 2 aliphatic rings. The van der Waals surface area contributed by atoms with Crippen molar-refractivity contribution in [3.63, 3.8) is 0 Å². The molecule has 1 heterocycles. The fraction of sp³-hybridized carbons (Fsp3) is 0.600. The van der Waals surface area contributed by atoms with Crippen molar-refractivity contribution in [3.8, 4) is 0 Å². The lowest BCUT2D eigenvalue weighted by molar-refractivity contribution is -0.116. The number of carbonyl (C=O) groups excluding carboxylic acids is 2. The Bertz CT molecular complexity index is 587. The first-order valence-corrected chi connectivity index (χ1v) is 9.54. The minimum absolute atomic E-state index is 0.0257. The van der Waals surface area contributed by atoms with Crippen molar-refractivity contribution in [3.05, 3.63) is 29.8 Å². The van der Waals surface area contributed by atoms with Crippen molar-refractivity contribution in [1.82, 2.24) is 10.2 Å². The molecule has 1 aromatic carbocycles. The largest absolute Gasteiger partial charge is 0.339 e. The van der Waals surface area contributed by atoms with E-state index in [0.29, 0.717) is 24.1 Å². The van der Waals surface area contributed by atoms with Crippen molar-refractivity contribution in [2.75, 3.05) is 18.9 Å². The van der Waals surface area contributed by atoms with Gasteiger partial charge in [0.05, 0.1) is 0 Å². The summed E-state index contributed by atoms with van der Waals surface area (Å²) in [4.78, 5) is 26.6. The van der Waals surface area contributed by atoms with Crippen molar-refractivity contribution in [1.29, 1.82) is 0 Å². The Kier molecular flexibility index (Phi) is 6.08. The van der Waals surface area contributed by atoms with Gasteiger partial charge in [0, 0.05) is 36.8 Å². The van der Waals surface area contributed by atoms with Gasteiger partial charge in [-0.3, -0.25) is 9.59 Å². The highest BCUT2D eigenvalue weighted by Gasteiger charge is 2.23. The monoisotopic (exact) mass is 343 g/mol. The summed E-state index contributed by atoms with van der Waals surface area (Å²) < 4.78 is 0. The van der Waals surface area contributed by atoms with Crippen LogP contribution >= 0.6 is 0 Å². The molecular weight excluding hydrogens is 314 g/mol. The van der Waals surface area contributed by atoms with Crippen LogP contribution in [0.1, 0.15) is 61.7 Å². The maximum absolute atomic E-state index is 12.6. The van der Waals surface area contributed by atoms with Gasteiger partial charge >= 0.3 is 0 Å². The lowest BCUT2D eigenvalue weighted by Gasteiger charge is -2.31. The second-order valence-corrected chi connectivity index (χ2v) is 7.33. The number of anilines is 1. The molecule has 5 heteroatoms. The fourth-order valence-electron chi connectivity index (χ4n) is 3.90. The summed E-state index contributed by atoms with van der Waals surface area (Å²) >= 11 is 0. The molecule has 136 valence electrons. The summed E-state index contributed by atoms with van der Waals surface area (Å²) in [7, 11) is 1.91. The molecule has 1 aliphatic heterocycles. The summed E-state index contributed by atoms with van der Waals surface area (Å²) in [5, 5.41) is 6.25. The first kappa shape index (κ1) is 17.9. The molecule has 1 atom stereocenters. The van der Waals surface area contributed by atoms with Crippen LogP contribution in [-0.2, 0) is 4.79 Å². The smallest absolute Gasteiger partial charge is 0.253 e. The zero-order valence-electron chi connectivity index (χ0n) is 15.1. The molecule has 2 N–H and O–H groups in total. The number of hydrogen-bond acceptors (Lipinski definition) is 3. The second-order valence-electron chi connectivity index (χ2n) is 7.33. The molecule has 0 bridgehead atoms. The standard InChI is InChI=1S/C20H29N3O2/c1-23(18-7-3-2-4-8-18)20(25)15-9-11-16(12-10-15)22-19(24)14-17-6-5-13-21-17/h9-12,17-18,21H,2-8,13-14H2,1H3,(H,22,24). The third kappa shape index (κ3) is 4.82. The first-order valence-electron chi connectivity index (χ1n) is 9.54. The van der Waals surface area contributed by atoms with E-state index in [2.05, 4.69) is 10.6 Å². The number of hydrogen-bond donors (Lipinski definition) is 2. The van der Waals surface area contributed by atoms with Gasteiger partial charge in [0.15, 0.2) is 0 Å². The van der Waals surface area contributed by atoms with Gasteiger partial charge in [-0.2, -0.15) is 0 Å². The van der Waals surface area contributed by atoms with Gasteiger partial charge in [-0.05, 0) is 56.5 Å². The number of nitrogens with one attached hydrogen (secondary N) is 2. The van der Waals surface area contributed by atoms with Crippen LogP contribution in [0.25, 0.3) is 0 Å². The summed E-state index contributed by atoms with van der Waals surface area (Å²) in [6.07, 6.45) is 8.62. The SMILES string of the molecule is CN(C(=O)c1ccc(NC(=O)CC2CCCN2)cc1)C1CCCCC1. The highest BCUT2D eigenvalue weighted by atomic mass is 16.2. The van der Waals surface area contributed by atoms with Crippen LogP contribution in [0, 0.1) is 0 Å². The van der Waals surface area contributed by atoms with E-state index in [9.17, 15) is 9.59 Å². The molecule has 0 radical (unpaired) electrons. The lowest BCUT2D eigenvalue weighted by atomic mass is 9.94. The molecule has 1 saturated carbocycles. The van der Waals surface area contributed by atoms with E-state index < -0.39 is 0 Å². The van der Waals surface area contributed by atoms with Gasteiger partial charge in [-0.25, -0.2) is 0 Å². The molecule has 0 aromatic heterocycles. The summed E-state index contributed by atoms with van der Waals surface area (Å²) in [5.74, 6) is 0.0951. The molecule has 25 heavy (non-hydrogen) atoms. The lowest BCUT2D eigenvalue weighted by Crippen LogP contribution is -2.38. The molecule has 1 unspecified atom stereocenters. The highest BCUT2D eigenvalue weighted by Crippen LogP contribution is 2.23. The van der Waals surface area contributed by atoms with Gasteiger partial charge in [-0.15, -0.1) is 0 Å². The van der Waals surface area contributed by atoms with Crippen molar-refractivity contribution in [2.45, 2.75) is 63.5 Å². The quantitative estimate of drug-likeness (QED) is 0.863. The third-order valence-corrected chi connectivity index (χ3v) is 5.45. The maximum atomic E-state index is 12.6. The molecule has 3 rings (SSSR count). The molecule has 2 amide bonds. The van der Waals surface area contributed by atoms with Crippen LogP contribution in [0.4, 0.5) is 5.69 Å². The Morgan fingerprint density at radius 1 is 1.08 bits per heavy atom. The van der Waals surface area contributed by atoms with Gasteiger partial charge in [-0.1, -0.05) is 19.3 Å². The minimum Gasteiger partial charge on any atom is -0.339 e. The number of rotatable bonds is 5. The Labute approximate surface area is 150 Å². The van der Waals surface area contributed by atoms with Crippen molar-refractivity contribution < 1.29 is 9.59 Å². The number of amides is 2. The van der Waals surface area contributed by atoms with Crippen LogP contribution in [-0.4, -0.2) is 42.4 Å². The zero-order chi connectivity index (χ0) is 17.6. The number of benzene rings is 1. The zero-order valence-corrected chi connectivity index (χ0v) is 15.1. The van der Waals surface area contributed by atoms with Crippen LogP contribution in [0.3, 0.4) is 0 Å². The topological polar surface area (TPSA) is 61.4 Å². The van der Waals surface area contributed by atoms with E-state index in [1.165, 1.54) is 19.3 Å². The van der Waals surface area contributed by atoms with E-state index in [0.717, 1.165) is 37.9 Å². The maximum Gasteiger partial charge on any atom is 0.253 e. The van der Waals surface area contributed by atoms with Gasteiger partial charge in [0.1, 0.15) is 0 Å². The minimum atomic E-state index is 0.0257. The summed E-state index contributed by atoms with van der Waals surface area (Å²) in [6, 6.07) is 7.92. The van der Waals surface area contributed by atoms with E-state index >= 15 is 0 Å². The van der Waals surface area contributed by atoms with E-state index in [1.807, 2.05) is 36.2 Å². The average Bonchev–Trinajstić information content (AvgIpc) is 3.14. The summed E-state index contributed by atoms with van der Waals surface area (Å²) in [6.45, 7) is 1.00. The Morgan fingerprint density at radius 3 is 2.44 bits per heavy atom. The van der Waals surface area contributed by atoms with Crippen LogP contribution < -0.4 is 10.6 Å². The van der Waals surface area contributed by atoms with Crippen LogP contribution in [0.15, 0.2) is 24.3 Å². The molecule has 5 nitrogen and oxygen atoms in total. The molecule has 0 spiro atoms. The molecule has 1 aliphatic carbocycles. The normalized spacial score (nSPS) is 21.1. The Balaban J connectivity index is 1.53. The van der Waals surface area contributed by atoms with Crippen LogP contribution in [0.5, 0.6) is 0 Å². The van der Waals surface area contributed by atoms with Gasteiger partial charge in [0.25, 0.3) is 5.91 Å². The molecular formula is C20H29N3O2. The third-order valence-electron chi connectivity index (χ3n) is 5.45.